The Labute approximate surface area is 123 Å². The standard InChI is InChI=1S/C15H18O5S/c16-14(17)12-4-1-2-5-13(12)21(18,19)11-6-9-20-15(10-11)7-3-8-15/h1-2,4-5,11H,3,6-10H2,(H,16,17). The smallest absolute Gasteiger partial charge is 0.337 e. The molecule has 114 valence electrons. The fourth-order valence-corrected chi connectivity index (χ4v) is 5.26. The van der Waals surface area contributed by atoms with Gasteiger partial charge in [0.15, 0.2) is 9.84 Å². The Morgan fingerprint density at radius 1 is 1.29 bits per heavy atom. The molecule has 1 spiro atoms. The zero-order chi connectivity index (χ0) is 15.1. The summed E-state index contributed by atoms with van der Waals surface area (Å²) in [5.74, 6) is -1.21. The number of ether oxygens (including phenoxy) is 1. The van der Waals surface area contributed by atoms with Crippen molar-refractivity contribution in [1.82, 2.24) is 0 Å². The molecule has 1 aliphatic carbocycles. The van der Waals surface area contributed by atoms with E-state index in [1.165, 1.54) is 12.1 Å². The van der Waals surface area contributed by atoms with Gasteiger partial charge in [0.25, 0.3) is 0 Å². The number of rotatable bonds is 3. The van der Waals surface area contributed by atoms with Crippen LogP contribution in [-0.4, -0.2) is 37.0 Å². The zero-order valence-corrected chi connectivity index (χ0v) is 12.4. The van der Waals surface area contributed by atoms with Crippen LogP contribution in [0.1, 0.15) is 42.5 Å². The second-order valence-corrected chi connectivity index (χ2v) is 8.04. The molecule has 1 aromatic rings. The lowest BCUT2D eigenvalue weighted by Crippen LogP contribution is -2.49. The van der Waals surface area contributed by atoms with Gasteiger partial charge in [-0.2, -0.15) is 0 Å². The molecule has 0 aromatic heterocycles. The summed E-state index contributed by atoms with van der Waals surface area (Å²) in [6.07, 6.45) is 3.78. The molecule has 21 heavy (non-hydrogen) atoms. The third kappa shape index (κ3) is 2.46. The van der Waals surface area contributed by atoms with Crippen LogP contribution in [0.15, 0.2) is 29.2 Å². The fourth-order valence-electron chi connectivity index (χ4n) is 3.24. The van der Waals surface area contributed by atoms with Crippen LogP contribution in [0.2, 0.25) is 0 Å². The summed E-state index contributed by atoms with van der Waals surface area (Å²) in [4.78, 5) is 11.2. The Balaban J connectivity index is 1.95. The summed E-state index contributed by atoms with van der Waals surface area (Å²) in [6.45, 7) is 0.430. The van der Waals surface area contributed by atoms with E-state index in [-0.39, 0.29) is 16.1 Å². The lowest BCUT2D eigenvalue weighted by molar-refractivity contribution is -0.125. The summed E-state index contributed by atoms with van der Waals surface area (Å²) in [6, 6.07) is 5.84. The van der Waals surface area contributed by atoms with Crippen molar-refractivity contribution in [3.63, 3.8) is 0 Å². The van der Waals surface area contributed by atoms with Crippen molar-refractivity contribution in [2.45, 2.75) is 47.9 Å². The maximum Gasteiger partial charge on any atom is 0.337 e. The first kappa shape index (κ1) is 14.5. The lowest BCUT2D eigenvalue weighted by atomic mass is 9.75. The van der Waals surface area contributed by atoms with Crippen LogP contribution in [0.3, 0.4) is 0 Å². The van der Waals surface area contributed by atoms with Crippen molar-refractivity contribution in [3.8, 4) is 0 Å². The van der Waals surface area contributed by atoms with E-state index in [2.05, 4.69) is 0 Å². The molecule has 1 saturated heterocycles. The minimum absolute atomic E-state index is 0.0705. The van der Waals surface area contributed by atoms with Gasteiger partial charge in [-0.05, 0) is 44.2 Å². The van der Waals surface area contributed by atoms with Gasteiger partial charge in [-0.15, -0.1) is 0 Å². The normalized spacial score (nSPS) is 24.5. The monoisotopic (exact) mass is 310 g/mol. The van der Waals surface area contributed by atoms with E-state index in [1.807, 2.05) is 0 Å². The molecule has 0 radical (unpaired) electrons. The number of carboxylic acids is 1. The minimum Gasteiger partial charge on any atom is -0.478 e. The highest BCUT2D eigenvalue weighted by molar-refractivity contribution is 7.92. The van der Waals surface area contributed by atoms with Crippen LogP contribution in [-0.2, 0) is 14.6 Å². The molecule has 0 amide bonds. The van der Waals surface area contributed by atoms with Crippen LogP contribution in [0.5, 0.6) is 0 Å². The lowest BCUT2D eigenvalue weighted by Gasteiger charge is -2.46. The SMILES string of the molecule is O=C(O)c1ccccc1S(=O)(=O)C1CCOC2(CCC2)C1. The van der Waals surface area contributed by atoms with Gasteiger partial charge >= 0.3 is 5.97 Å². The van der Waals surface area contributed by atoms with Crippen molar-refractivity contribution in [1.29, 1.82) is 0 Å². The fraction of sp³-hybridized carbons (Fsp3) is 0.533. The van der Waals surface area contributed by atoms with E-state index in [1.54, 1.807) is 12.1 Å². The molecular formula is C15H18O5S. The maximum atomic E-state index is 12.8. The van der Waals surface area contributed by atoms with Gasteiger partial charge in [-0.3, -0.25) is 0 Å². The Bertz CT molecular complexity index is 660. The molecule has 3 rings (SSSR count). The summed E-state index contributed by atoms with van der Waals surface area (Å²) in [7, 11) is -3.65. The van der Waals surface area contributed by atoms with Gasteiger partial charge in [-0.25, -0.2) is 13.2 Å². The predicted octanol–water partition coefficient (Wildman–Crippen LogP) is 2.26. The molecule has 1 N–H and O–H groups in total. The van der Waals surface area contributed by atoms with Crippen LogP contribution < -0.4 is 0 Å². The largest absolute Gasteiger partial charge is 0.478 e. The third-order valence-electron chi connectivity index (χ3n) is 4.58. The van der Waals surface area contributed by atoms with Gasteiger partial charge in [0.05, 0.1) is 21.3 Å². The van der Waals surface area contributed by atoms with E-state index in [0.29, 0.717) is 19.4 Å². The summed E-state index contributed by atoms with van der Waals surface area (Å²) in [5, 5.41) is 8.65. The number of hydrogen-bond acceptors (Lipinski definition) is 4. The number of carboxylic acid groups (broad SMARTS) is 1. The van der Waals surface area contributed by atoms with Crippen molar-refractivity contribution >= 4 is 15.8 Å². The molecule has 1 saturated carbocycles. The first-order valence-electron chi connectivity index (χ1n) is 7.15. The first-order valence-corrected chi connectivity index (χ1v) is 8.69. The predicted molar refractivity (Wildman–Crippen MR) is 76.1 cm³/mol. The van der Waals surface area contributed by atoms with Crippen LogP contribution in [0.25, 0.3) is 0 Å². The van der Waals surface area contributed by atoms with Gasteiger partial charge in [0.2, 0.25) is 0 Å². The van der Waals surface area contributed by atoms with Crippen LogP contribution in [0.4, 0.5) is 0 Å². The molecular weight excluding hydrogens is 292 g/mol. The van der Waals surface area contributed by atoms with E-state index in [0.717, 1.165) is 19.3 Å². The minimum atomic E-state index is -3.65. The van der Waals surface area contributed by atoms with Gasteiger partial charge in [0.1, 0.15) is 0 Å². The molecule has 1 unspecified atom stereocenters. The summed E-state index contributed by atoms with van der Waals surface area (Å²) in [5.41, 5.74) is -0.430. The van der Waals surface area contributed by atoms with E-state index < -0.39 is 21.1 Å². The maximum absolute atomic E-state index is 12.8. The molecule has 2 aliphatic rings. The quantitative estimate of drug-likeness (QED) is 0.926. The molecule has 1 aliphatic heterocycles. The molecule has 2 fully saturated rings. The van der Waals surface area contributed by atoms with E-state index in [4.69, 9.17) is 4.74 Å². The number of carbonyl (C=O) groups is 1. The third-order valence-corrected chi connectivity index (χ3v) is 6.82. The molecule has 6 heteroatoms. The number of hydrogen-bond donors (Lipinski definition) is 1. The average Bonchev–Trinajstić information content (AvgIpc) is 2.45. The topological polar surface area (TPSA) is 80.7 Å². The summed E-state index contributed by atoms with van der Waals surface area (Å²) < 4.78 is 31.4. The highest BCUT2D eigenvalue weighted by Gasteiger charge is 2.46. The second-order valence-electron chi connectivity index (χ2n) is 5.85. The highest BCUT2D eigenvalue weighted by atomic mass is 32.2. The average molecular weight is 310 g/mol. The first-order chi connectivity index (χ1) is 9.95. The summed E-state index contributed by atoms with van der Waals surface area (Å²) >= 11 is 0. The van der Waals surface area contributed by atoms with Gasteiger partial charge in [-0.1, -0.05) is 12.1 Å². The van der Waals surface area contributed by atoms with Crippen molar-refractivity contribution in [2.75, 3.05) is 6.61 Å². The van der Waals surface area contributed by atoms with Crippen molar-refractivity contribution in [2.24, 2.45) is 0 Å². The Morgan fingerprint density at radius 3 is 2.62 bits per heavy atom. The van der Waals surface area contributed by atoms with Gasteiger partial charge in [0, 0.05) is 6.61 Å². The van der Waals surface area contributed by atoms with E-state index >= 15 is 0 Å². The van der Waals surface area contributed by atoms with Crippen LogP contribution >= 0.6 is 0 Å². The highest BCUT2D eigenvalue weighted by Crippen LogP contribution is 2.44. The van der Waals surface area contributed by atoms with Crippen LogP contribution in [0, 0.1) is 0 Å². The number of aromatic carboxylic acids is 1. The molecule has 5 nitrogen and oxygen atoms in total. The number of sulfone groups is 1. The van der Waals surface area contributed by atoms with Crippen molar-refractivity contribution < 1.29 is 23.1 Å². The Hall–Kier alpha value is -1.40. The second kappa shape index (κ2) is 5.10. The molecule has 1 aromatic carbocycles. The molecule has 0 bridgehead atoms. The van der Waals surface area contributed by atoms with Gasteiger partial charge < -0.3 is 9.84 Å². The zero-order valence-electron chi connectivity index (χ0n) is 11.6. The Morgan fingerprint density at radius 2 is 2.00 bits per heavy atom. The number of benzene rings is 1. The molecule has 1 heterocycles. The van der Waals surface area contributed by atoms with E-state index in [9.17, 15) is 18.3 Å². The molecule has 1 atom stereocenters. The van der Waals surface area contributed by atoms with Crippen molar-refractivity contribution in [3.05, 3.63) is 29.8 Å². The Kier molecular flexibility index (Phi) is 3.53.